The molecule has 2 fully saturated rings. The van der Waals surface area contributed by atoms with E-state index in [0.717, 1.165) is 44.8 Å². The molecule has 24 heavy (non-hydrogen) atoms. The summed E-state index contributed by atoms with van der Waals surface area (Å²) in [5.41, 5.74) is 1.16. The Hall–Kier alpha value is -0.750. The van der Waals surface area contributed by atoms with E-state index in [1.54, 1.807) is 0 Å². The van der Waals surface area contributed by atoms with Gasteiger partial charge in [0, 0.05) is 30.6 Å². The number of nitrogens with one attached hydrogen (secondary N) is 1. The predicted octanol–water partition coefficient (Wildman–Crippen LogP) is 3.36. The minimum absolute atomic E-state index is 0.132. The van der Waals surface area contributed by atoms with Crippen LogP contribution in [0, 0.1) is 0 Å². The maximum atomic E-state index is 13.8. The van der Waals surface area contributed by atoms with Crippen LogP contribution in [0.25, 0.3) is 0 Å². The van der Waals surface area contributed by atoms with Crippen molar-refractivity contribution in [1.29, 1.82) is 0 Å². The Labute approximate surface area is 147 Å². The fourth-order valence-corrected chi connectivity index (χ4v) is 3.80. The van der Waals surface area contributed by atoms with Gasteiger partial charge < -0.3 is 10.1 Å². The van der Waals surface area contributed by atoms with Gasteiger partial charge in [-0.15, -0.1) is 0 Å². The van der Waals surface area contributed by atoms with Gasteiger partial charge in [0.05, 0.1) is 6.61 Å². The van der Waals surface area contributed by atoms with Crippen molar-refractivity contribution < 1.29 is 13.5 Å². The average molecular weight is 359 g/mol. The zero-order chi connectivity index (χ0) is 17.2. The van der Waals surface area contributed by atoms with Gasteiger partial charge in [-0.1, -0.05) is 23.7 Å². The highest BCUT2D eigenvalue weighted by Gasteiger charge is 2.43. The molecule has 1 unspecified atom stereocenters. The monoisotopic (exact) mass is 358 g/mol. The average Bonchev–Trinajstić information content (AvgIpc) is 2.57. The van der Waals surface area contributed by atoms with Gasteiger partial charge >= 0.3 is 0 Å². The van der Waals surface area contributed by atoms with Crippen molar-refractivity contribution in [2.24, 2.45) is 0 Å². The lowest BCUT2D eigenvalue weighted by atomic mass is 9.96. The normalized spacial score (nSPS) is 27.3. The Kier molecular flexibility index (Phi) is 5.75. The van der Waals surface area contributed by atoms with E-state index in [1.165, 1.54) is 0 Å². The lowest BCUT2D eigenvalue weighted by Gasteiger charge is -2.46. The molecule has 0 bridgehead atoms. The number of hydrogen-bond donors (Lipinski definition) is 1. The van der Waals surface area contributed by atoms with Gasteiger partial charge in [0.15, 0.2) is 0 Å². The van der Waals surface area contributed by atoms with E-state index in [0.29, 0.717) is 24.2 Å². The van der Waals surface area contributed by atoms with Gasteiger partial charge in [0.25, 0.3) is 5.92 Å². The van der Waals surface area contributed by atoms with Gasteiger partial charge in [0.2, 0.25) is 0 Å². The minimum Gasteiger partial charge on any atom is -0.369 e. The highest BCUT2D eigenvalue weighted by atomic mass is 35.5. The molecule has 2 atom stereocenters. The largest absolute Gasteiger partial charge is 0.369 e. The molecule has 0 radical (unpaired) electrons. The summed E-state index contributed by atoms with van der Waals surface area (Å²) in [4.78, 5) is 2.26. The fraction of sp³-hybridized carbons (Fsp3) is 0.667. The van der Waals surface area contributed by atoms with Crippen molar-refractivity contribution >= 4 is 11.6 Å². The Morgan fingerprint density at radius 2 is 1.92 bits per heavy atom. The first-order valence-electron chi connectivity index (χ1n) is 8.64. The summed E-state index contributed by atoms with van der Waals surface area (Å²) < 4.78 is 33.1. The summed E-state index contributed by atoms with van der Waals surface area (Å²) in [6.45, 7) is 3.50. The van der Waals surface area contributed by atoms with Crippen LogP contribution in [0.5, 0.6) is 0 Å². The maximum absolute atomic E-state index is 13.8. The first kappa shape index (κ1) is 18.1. The second-order valence-corrected chi connectivity index (χ2v) is 7.38. The number of morpholine rings is 1. The van der Waals surface area contributed by atoms with Crippen LogP contribution in [0.15, 0.2) is 24.3 Å². The van der Waals surface area contributed by atoms with Crippen molar-refractivity contribution in [2.75, 3.05) is 26.2 Å². The van der Waals surface area contributed by atoms with E-state index in [1.807, 2.05) is 24.3 Å². The van der Waals surface area contributed by atoms with Gasteiger partial charge in [-0.3, -0.25) is 4.90 Å². The SMILES string of the molecule is CC(F)(F)C1CN(C2CCNCC2)[C@@H](Cc2ccc(Cl)cc2)CO1. The summed E-state index contributed by atoms with van der Waals surface area (Å²) in [5.74, 6) is -2.81. The number of benzene rings is 1. The van der Waals surface area contributed by atoms with Crippen molar-refractivity contribution in [2.45, 2.75) is 50.3 Å². The zero-order valence-corrected chi connectivity index (χ0v) is 14.7. The highest BCUT2D eigenvalue weighted by Crippen LogP contribution is 2.30. The molecule has 3 rings (SSSR count). The molecule has 2 aliphatic rings. The number of nitrogens with zero attached hydrogens (tertiary/aromatic N) is 1. The molecule has 0 spiro atoms. The molecule has 3 nitrogen and oxygen atoms in total. The maximum Gasteiger partial charge on any atom is 0.272 e. The second kappa shape index (κ2) is 7.65. The van der Waals surface area contributed by atoms with Crippen LogP contribution >= 0.6 is 11.6 Å². The summed E-state index contributed by atoms with van der Waals surface area (Å²) in [6.07, 6.45) is 1.77. The van der Waals surface area contributed by atoms with Gasteiger partial charge in [-0.05, 0) is 50.0 Å². The van der Waals surface area contributed by atoms with Crippen molar-refractivity contribution in [3.05, 3.63) is 34.9 Å². The third-order valence-corrected chi connectivity index (χ3v) is 5.32. The predicted molar refractivity (Wildman–Crippen MR) is 91.9 cm³/mol. The van der Waals surface area contributed by atoms with Crippen LogP contribution in [0.2, 0.25) is 5.02 Å². The molecule has 6 heteroatoms. The molecule has 0 aliphatic carbocycles. The number of hydrogen-bond acceptors (Lipinski definition) is 3. The molecular weight excluding hydrogens is 334 g/mol. The Morgan fingerprint density at radius 3 is 2.54 bits per heavy atom. The first-order valence-corrected chi connectivity index (χ1v) is 9.01. The van der Waals surface area contributed by atoms with Gasteiger partial charge in [-0.25, -0.2) is 8.78 Å². The first-order chi connectivity index (χ1) is 11.4. The number of rotatable bonds is 4. The highest BCUT2D eigenvalue weighted by molar-refractivity contribution is 6.30. The van der Waals surface area contributed by atoms with Crippen LogP contribution in [-0.2, 0) is 11.2 Å². The second-order valence-electron chi connectivity index (χ2n) is 6.94. The minimum atomic E-state index is -2.81. The molecule has 2 aliphatic heterocycles. The van der Waals surface area contributed by atoms with Gasteiger partial charge in [0.1, 0.15) is 6.10 Å². The molecule has 2 saturated heterocycles. The van der Waals surface area contributed by atoms with E-state index in [-0.39, 0.29) is 6.04 Å². The molecular formula is C18H25ClF2N2O. The summed E-state index contributed by atoms with van der Waals surface area (Å²) in [6, 6.07) is 8.23. The molecule has 0 aromatic heterocycles. The standard InChI is InChI=1S/C18H25ClF2N2O/c1-18(20,21)17-11-23(15-6-8-22-9-7-15)16(12-24-17)10-13-2-4-14(19)5-3-13/h2-5,15-17,22H,6-12H2,1H3/t16-,17?/m0/s1. The quantitative estimate of drug-likeness (QED) is 0.893. The van der Waals surface area contributed by atoms with Crippen molar-refractivity contribution in [3.8, 4) is 0 Å². The lowest BCUT2D eigenvalue weighted by Crippen LogP contribution is -2.59. The van der Waals surface area contributed by atoms with Crippen LogP contribution < -0.4 is 5.32 Å². The molecule has 0 amide bonds. The van der Waals surface area contributed by atoms with E-state index < -0.39 is 12.0 Å². The fourth-order valence-electron chi connectivity index (χ4n) is 3.68. The van der Waals surface area contributed by atoms with Crippen LogP contribution in [-0.4, -0.2) is 55.3 Å². The van der Waals surface area contributed by atoms with E-state index in [4.69, 9.17) is 16.3 Å². The molecule has 1 aromatic carbocycles. The number of piperidine rings is 1. The molecule has 1 N–H and O–H groups in total. The lowest BCUT2D eigenvalue weighted by molar-refractivity contribution is -0.178. The third kappa shape index (κ3) is 4.45. The molecule has 1 aromatic rings. The number of halogens is 3. The number of alkyl halides is 2. The summed E-state index contributed by atoms with van der Waals surface area (Å²) >= 11 is 5.95. The van der Waals surface area contributed by atoms with Gasteiger partial charge in [-0.2, -0.15) is 0 Å². The summed E-state index contributed by atoms with van der Waals surface area (Å²) in [5, 5.41) is 4.05. The molecule has 0 saturated carbocycles. The van der Waals surface area contributed by atoms with Crippen LogP contribution in [0.4, 0.5) is 8.78 Å². The molecule has 2 heterocycles. The van der Waals surface area contributed by atoms with E-state index >= 15 is 0 Å². The van der Waals surface area contributed by atoms with Crippen LogP contribution in [0.1, 0.15) is 25.3 Å². The van der Waals surface area contributed by atoms with Crippen LogP contribution in [0.3, 0.4) is 0 Å². The zero-order valence-electron chi connectivity index (χ0n) is 14.0. The Balaban J connectivity index is 1.74. The molecule has 134 valence electrons. The number of ether oxygens (including phenoxy) is 1. The van der Waals surface area contributed by atoms with Crippen molar-refractivity contribution in [3.63, 3.8) is 0 Å². The van der Waals surface area contributed by atoms with E-state index in [9.17, 15) is 8.78 Å². The summed E-state index contributed by atoms with van der Waals surface area (Å²) in [7, 11) is 0. The van der Waals surface area contributed by atoms with Crippen molar-refractivity contribution in [1.82, 2.24) is 10.2 Å². The smallest absolute Gasteiger partial charge is 0.272 e. The Morgan fingerprint density at radius 1 is 1.25 bits per heavy atom. The Bertz CT molecular complexity index is 529. The third-order valence-electron chi connectivity index (χ3n) is 5.06. The van der Waals surface area contributed by atoms with E-state index in [2.05, 4.69) is 10.2 Å². The topological polar surface area (TPSA) is 24.5 Å².